The number of rotatable bonds is 6. The SMILES string of the molecule is COc1ccc(C(C)=O)cc1CSc1nc2sc3c(c2c(=O)n1-c1ccc(C)cc1)CCCC3. The molecule has 0 saturated carbocycles. The Bertz CT molecular complexity index is 1450. The summed E-state index contributed by atoms with van der Waals surface area (Å²) < 4.78 is 7.28. The number of ether oxygens (including phenoxy) is 1. The predicted octanol–water partition coefficient (Wildman–Crippen LogP) is 6.14. The molecule has 0 aliphatic heterocycles. The topological polar surface area (TPSA) is 61.2 Å². The summed E-state index contributed by atoms with van der Waals surface area (Å²) in [5.74, 6) is 1.25. The molecular weight excluding hydrogens is 464 g/mol. The number of hydrogen-bond donors (Lipinski definition) is 0. The van der Waals surface area contributed by atoms with E-state index in [1.54, 1.807) is 36.0 Å². The zero-order valence-electron chi connectivity index (χ0n) is 19.5. The molecule has 0 bridgehead atoms. The number of carbonyl (C=O) groups excluding carboxylic acids is 1. The van der Waals surface area contributed by atoms with Crippen LogP contribution >= 0.6 is 23.1 Å². The Morgan fingerprint density at radius 1 is 1.15 bits per heavy atom. The Labute approximate surface area is 206 Å². The van der Waals surface area contributed by atoms with Gasteiger partial charge in [-0.15, -0.1) is 11.3 Å². The molecule has 0 unspecified atom stereocenters. The van der Waals surface area contributed by atoms with E-state index in [1.165, 1.54) is 28.6 Å². The van der Waals surface area contributed by atoms with Gasteiger partial charge in [-0.1, -0.05) is 29.5 Å². The standard InChI is InChI=1S/C27H26N2O3S2/c1-16-8-11-20(12-9-16)29-26(31)24-21-6-4-5-7-23(21)34-25(24)28-27(29)33-15-19-14-18(17(2)30)10-13-22(19)32-3/h8-14H,4-7,15H2,1-3H3. The number of carbonyl (C=O) groups is 1. The highest BCUT2D eigenvalue weighted by Crippen LogP contribution is 2.36. The fourth-order valence-corrected chi connectivity index (χ4v) is 6.75. The lowest BCUT2D eigenvalue weighted by atomic mass is 9.97. The Hall–Kier alpha value is -2.90. The predicted molar refractivity (Wildman–Crippen MR) is 139 cm³/mol. The van der Waals surface area contributed by atoms with Gasteiger partial charge in [0.15, 0.2) is 10.9 Å². The second-order valence-electron chi connectivity index (χ2n) is 8.63. The molecule has 0 atom stereocenters. The van der Waals surface area contributed by atoms with E-state index in [2.05, 4.69) is 0 Å². The van der Waals surface area contributed by atoms with Crippen molar-refractivity contribution in [1.82, 2.24) is 9.55 Å². The van der Waals surface area contributed by atoms with Crippen LogP contribution in [0, 0.1) is 6.92 Å². The maximum Gasteiger partial charge on any atom is 0.267 e. The van der Waals surface area contributed by atoms with E-state index in [4.69, 9.17) is 9.72 Å². The van der Waals surface area contributed by atoms with Gasteiger partial charge < -0.3 is 4.74 Å². The van der Waals surface area contributed by atoms with Crippen molar-refractivity contribution in [2.45, 2.75) is 50.4 Å². The molecule has 174 valence electrons. The minimum atomic E-state index is 0.000190. The van der Waals surface area contributed by atoms with E-state index >= 15 is 0 Å². The number of aryl methyl sites for hydroxylation is 3. The highest BCUT2D eigenvalue weighted by molar-refractivity contribution is 7.98. The lowest BCUT2D eigenvalue weighted by Gasteiger charge is -2.15. The van der Waals surface area contributed by atoms with Crippen LogP contribution in [0.2, 0.25) is 0 Å². The lowest BCUT2D eigenvalue weighted by molar-refractivity contribution is 0.101. The van der Waals surface area contributed by atoms with Crippen LogP contribution in [0.5, 0.6) is 5.75 Å². The van der Waals surface area contributed by atoms with Crippen molar-refractivity contribution in [2.75, 3.05) is 7.11 Å². The first-order valence-corrected chi connectivity index (χ1v) is 13.2. The molecule has 5 nitrogen and oxygen atoms in total. The Balaban J connectivity index is 1.64. The number of hydrogen-bond acceptors (Lipinski definition) is 6. The number of fused-ring (bicyclic) bond motifs is 3. The van der Waals surface area contributed by atoms with Gasteiger partial charge in [0, 0.05) is 21.8 Å². The Morgan fingerprint density at radius 2 is 1.91 bits per heavy atom. The number of methoxy groups -OCH3 is 1. The fourth-order valence-electron chi connectivity index (χ4n) is 4.46. The molecule has 1 aliphatic carbocycles. The van der Waals surface area contributed by atoms with Gasteiger partial charge in [0.1, 0.15) is 10.6 Å². The van der Waals surface area contributed by atoms with E-state index in [0.717, 1.165) is 52.0 Å². The molecule has 0 radical (unpaired) electrons. The Kier molecular flexibility index (Phi) is 6.32. The van der Waals surface area contributed by atoms with Crippen molar-refractivity contribution < 1.29 is 9.53 Å². The van der Waals surface area contributed by atoms with Gasteiger partial charge in [-0.2, -0.15) is 0 Å². The van der Waals surface area contributed by atoms with Crippen LogP contribution in [0.4, 0.5) is 0 Å². The van der Waals surface area contributed by atoms with Crippen LogP contribution in [0.1, 0.15) is 51.7 Å². The van der Waals surface area contributed by atoms with Crippen LogP contribution in [0.3, 0.4) is 0 Å². The Morgan fingerprint density at radius 3 is 2.65 bits per heavy atom. The van der Waals surface area contributed by atoms with Gasteiger partial charge in [0.2, 0.25) is 0 Å². The molecule has 0 amide bonds. The normalized spacial score (nSPS) is 13.1. The van der Waals surface area contributed by atoms with Crippen LogP contribution in [0.25, 0.3) is 15.9 Å². The highest BCUT2D eigenvalue weighted by Gasteiger charge is 2.23. The van der Waals surface area contributed by atoms with E-state index in [-0.39, 0.29) is 11.3 Å². The van der Waals surface area contributed by atoms with Crippen molar-refractivity contribution in [2.24, 2.45) is 0 Å². The molecule has 0 fully saturated rings. The largest absolute Gasteiger partial charge is 0.496 e. The van der Waals surface area contributed by atoms with Crippen molar-refractivity contribution in [1.29, 1.82) is 0 Å². The summed E-state index contributed by atoms with van der Waals surface area (Å²) in [4.78, 5) is 32.9. The van der Waals surface area contributed by atoms with Crippen molar-refractivity contribution >= 4 is 39.1 Å². The van der Waals surface area contributed by atoms with Crippen LogP contribution in [-0.4, -0.2) is 22.4 Å². The summed E-state index contributed by atoms with van der Waals surface area (Å²) >= 11 is 3.15. The third-order valence-corrected chi connectivity index (χ3v) is 8.47. The van der Waals surface area contributed by atoms with Gasteiger partial charge in [0.05, 0.1) is 18.2 Å². The number of thiophene rings is 1. The molecule has 2 aromatic carbocycles. The number of thioether (sulfide) groups is 1. The van der Waals surface area contributed by atoms with E-state index in [9.17, 15) is 9.59 Å². The number of ketones is 1. The average Bonchev–Trinajstić information content (AvgIpc) is 3.22. The summed E-state index contributed by atoms with van der Waals surface area (Å²) in [7, 11) is 1.62. The molecule has 34 heavy (non-hydrogen) atoms. The second-order valence-corrected chi connectivity index (χ2v) is 10.7. The fraction of sp³-hybridized carbons (Fsp3) is 0.296. The van der Waals surface area contributed by atoms with Crippen LogP contribution in [-0.2, 0) is 18.6 Å². The highest BCUT2D eigenvalue weighted by atomic mass is 32.2. The first-order valence-electron chi connectivity index (χ1n) is 11.4. The first-order chi connectivity index (χ1) is 16.5. The van der Waals surface area contributed by atoms with Crippen molar-refractivity contribution in [3.05, 3.63) is 79.9 Å². The minimum Gasteiger partial charge on any atom is -0.496 e. The van der Waals surface area contributed by atoms with Crippen molar-refractivity contribution in [3.8, 4) is 11.4 Å². The van der Waals surface area contributed by atoms with Crippen LogP contribution < -0.4 is 10.3 Å². The summed E-state index contributed by atoms with van der Waals surface area (Å²) in [6.45, 7) is 3.59. The van der Waals surface area contributed by atoms with Crippen LogP contribution in [0.15, 0.2) is 52.4 Å². The lowest BCUT2D eigenvalue weighted by Crippen LogP contribution is -2.22. The molecule has 5 rings (SSSR count). The number of benzene rings is 2. The summed E-state index contributed by atoms with van der Waals surface area (Å²) in [6.07, 6.45) is 4.25. The zero-order valence-corrected chi connectivity index (χ0v) is 21.1. The molecule has 0 saturated heterocycles. The third kappa shape index (κ3) is 4.18. The van der Waals surface area contributed by atoms with E-state index < -0.39 is 0 Å². The smallest absolute Gasteiger partial charge is 0.267 e. The molecule has 2 heterocycles. The number of Topliss-reactive ketones (excluding diaryl/α,β-unsaturated/α-hetero) is 1. The van der Waals surface area contributed by atoms with Gasteiger partial charge >= 0.3 is 0 Å². The van der Waals surface area contributed by atoms with E-state index in [1.807, 2.05) is 43.3 Å². The molecule has 7 heteroatoms. The average molecular weight is 491 g/mol. The zero-order chi connectivity index (χ0) is 23.8. The monoisotopic (exact) mass is 490 g/mol. The van der Waals surface area contributed by atoms with Gasteiger partial charge in [0.25, 0.3) is 5.56 Å². The van der Waals surface area contributed by atoms with Gasteiger partial charge in [-0.3, -0.25) is 14.2 Å². The maximum absolute atomic E-state index is 13.9. The molecule has 4 aromatic rings. The molecule has 0 N–H and O–H groups in total. The molecule has 1 aliphatic rings. The molecular formula is C27H26N2O3S2. The third-order valence-electron chi connectivity index (χ3n) is 6.29. The quantitative estimate of drug-likeness (QED) is 0.185. The minimum absolute atomic E-state index is 0.000190. The maximum atomic E-state index is 13.9. The first kappa shape index (κ1) is 22.9. The second kappa shape index (κ2) is 9.39. The number of nitrogens with zero attached hydrogens (tertiary/aromatic N) is 2. The number of aromatic nitrogens is 2. The summed E-state index contributed by atoms with van der Waals surface area (Å²) in [5.41, 5.74) is 4.68. The molecule has 2 aromatic heterocycles. The van der Waals surface area contributed by atoms with Gasteiger partial charge in [-0.05, 0) is 75.4 Å². The molecule has 0 spiro atoms. The van der Waals surface area contributed by atoms with E-state index in [0.29, 0.717) is 16.5 Å². The summed E-state index contributed by atoms with van der Waals surface area (Å²) in [5, 5.41) is 1.43. The van der Waals surface area contributed by atoms with Crippen molar-refractivity contribution in [3.63, 3.8) is 0 Å². The van der Waals surface area contributed by atoms with Gasteiger partial charge in [-0.25, -0.2) is 4.98 Å². The summed E-state index contributed by atoms with van der Waals surface area (Å²) in [6, 6.07) is 13.5.